The zero-order valence-electron chi connectivity index (χ0n) is 11.0. The summed E-state index contributed by atoms with van der Waals surface area (Å²) in [4.78, 5) is 22.2. The predicted octanol–water partition coefficient (Wildman–Crippen LogP) is 0.686. The lowest BCUT2D eigenvalue weighted by atomic mass is 10.1. The number of nitrogens with one attached hydrogen (secondary N) is 2. The molecule has 1 unspecified atom stereocenters. The molecule has 0 aromatic heterocycles. The quantitative estimate of drug-likeness (QED) is 0.655. The van der Waals surface area contributed by atoms with E-state index in [1.54, 1.807) is 0 Å². The number of carboxylic acid groups (broad SMARTS) is 1. The van der Waals surface area contributed by atoms with E-state index in [1.807, 2.05) is 0 Å². The van der Waals surface area contributed by atoms with Crippen molar-refractivity contribution in [1.29, 1.82) is 0 Å². The molecule has 1 aromatic carbocycles. The number of rotatable bonds is 8. The van der Waals surface area contributed by atoms with Gasteiger partial charge in [-0.25, -0.2) is 8.78 Å². The Bertz CT molecular complexity index is 474. The van der Waals surface area contributed by atoms with Gasteiger partial charge in [0.05, 0.1) is 19.0 Å². The monoisotopic (exact) mass is 286 g/mol. The van der Waals surface area contributed by atoms with Crippen LogP contribution in [-0.4, -0.2) is 36.5 Å². The lowest BCUT2D eigenvalue weighted by molar-refractivity contribution is -0.139. The van der Waals surface area contributed by atoms with E-state index >= 15 is 0 Å². The van der Waals surface area contributed by atoms with Gasteiger partial charge >= 0.3 is 5.97 Å². The first-order valence-corrected chi connectivity index (χ1v) is 6.01. The summed E-state index contributed by atoms with van der Waals surface area (Å²) in [7, 11) is 1.47. The van der Waals surface area contributed by atoms with E-state index in [9.17, 15) is 18.4 Å². The molecule has 0 aliphatic rings. The molecule has 110 valence electrons. The average Bonchev–Trinajstić information content (AvgIpc) is 2.39. The number of aliphatic carboxylic acids is 1. The summed E-state index contributed by atoms with van der Waals surface area (Å²) in [6, 6.07) is 2.68. The third-order valence-corrected chi connectivity index (χ3v) is 2.78. The number of carbonyl (C=O) groups excluding carboxylic acids is 1. The molecule has 0 fully saturated rings. The smallest absolute Gasteiger partial charge is 0.305 e. The molecule has 3 N–H and O–H groups in total. The van der Waals surface area contributed by atoms with Crippen LogP contribution >= 0.6 is 0 Å². The second-order valence-corrected chi connectivity index (χ2v) is 4.21. The van der Waals surface area contributed by atoms with Crippen LogP contribution in [0.15, 0.2) is 18.2 Å². The molecule has 0 bridgehead atoms. The summed E-state index contributed by atoms with van der Waals surface area (Å²) in [6.07, 6.45) is -0.342. The van der Waals surface area contributed by atoms with E-state index in [0.29, 0.717) is 0 Å². The van der Waals surface area contributed by atoms with Crippen molar-refractivity contribution >= 4 is 11.8 Å². The summed E-state index contributed by atoms with van der Waals surface area (Å²) in [6.45, 7) is -0.319. The number of Topliss-reactive ketones (excluding diaryl/α,β-unsaturated/α-hetero) is 1. The minimum atomic E-state index is -1.10. The van der Waals surface area contributed by atoms with E-state index in [1.165, 1.54) is 13.1 Å². The minimum absolute atomic E-state index is 0.145. The summed E-state index contributed by atoms with van der Waals surface area (Å²) < 4.78 is 26.6. The summed E-state index contributed by atoms with van der Waals surface area (Å²) >= 11 is 0. The average molecular weight is 286 g/mol. The Balaban J connectivity index is 2.51. The molecule has 20 heavy (non-hydrogen) atoms. The first-order valence-electron chi connectivity index (χ1n) is 6.01. The highest BCUT2D eigenvalue weighted by Crippen LogP contribution is 2.11. The van der Waals surface area contributed by atoms with Crippen LogP contribution in [0.5, 0.6) is 0 Å². The molecule has 0 aliphatic carbocycles. The zero-order valence-corrected chi connectivity index (χ0v) is 11.0. The van der Waals surface area contributed by atoms with Crippen molar-refractivity contribution in [3.63, 3.8) is 0 Å². The molecule has 0 saturated carbocycles. The molecule has 0 spiro atoms. The third-order valence-electron chi connectivity index (χ3n) is 2.78. The molecular weight excluding hydrogens is 270 g/mol. The Labute approximate surface area is 115 Å². The van der Waals surface area contributed by atoms with E-state index in [2.05, 4.69) is 10.6 Å². The maximum Gasteiger partial charge on any atom is 0.305 e. The number of carboxylic acids is 1. The van der Waals surface area contributed by atoms with Gasteiger partial charge in [0.25, 0.3) is 0 Å². The first kappa shape index (κ1) is 16.2. The van der Waals surface area contributed by atoms with Crippen molar-refractivity contribution in [1.82, 2.24) is 10.6 Å². The van der Waals surface area contributed by atoms with Crippen molar-refractivity contribution < 1.29 is 23.5 Å². The van der Waals surface area contributed by atoms with E-state index < -0.39 is 23.6 Å². The number of hydrogen-bond donors (Lipinski definition) is 3. The van der Waals surface area contributed by atoms with Gasteiger partial charge in [-0.1, -0.05) is 6.07 Å². The topological polar surface area (TPSA) is 78.4 Å². The van der Waals surface area contributed by atoms with Crippen molar-refractivity contribution in [2.24, 2.45) is 0 Å². The van der Waals surface area contributed by atoms with E-state index in [4.69, 9.17) is 5.11 Å². The largest absolute Gasteiger partial charge is 0.481 e. The summed E-state index contributed by atoms with van der Waals surface area (Å²) in [5, 5.41) is 13.8. The Morgan fingerprint density at radius 1 is 1.30 bits per heavy atom. The van der Waals surface area contributed by atoms with Crippen LogP contribution in [0.4, 0.5) is 8.78 Å². The maximum atomic E-state index is 13.3. The fourth-order valence-corrected chi connectivity index (χ4v) is 1.69. The molecule has 0 aliphatic heterocycles. The van der Waals surface area contributed by atoms with Crippen LogP contribution < -0.4 is 10.6 Å². The van der Waals surface area contributed by atoms with Gasteiger partial charge < -0.3 is 15.7 Å². The molecule has 1 atom stereocenters. The maximum absolute atomic E-state index is 13.3. The van der Waals surface area contributed by atoms with Crippen LogP contribution in [0.2, 0.25) is 0 Å². The highest BCUT2D eigenvalue weighted by molar-refractivity contribution is 5.89. The number of halogens is 2. The van der Waals surface area contributed by atoms with Gasteiger partial charge in [-0.05, 0) is 19.2 Å². The standard InChI is InChI=1S/C13H16F2N2O3/c1-16-11(5-13(19)20)12(18)7-17-6-8-9(14)3-2-4-10(8)15/h2-4,11,16-17H,5-7H2,1H3,(H,19,20). The molecular formula is C13H16F2N2O3. The second-order valence-electron chi connectivity index (χ2n) is 4.21. The molecule has 0 heterocycles. The van der Waals surface area contributed by atoms with E-state index in [0.717, 1.165) is 12.1 Å². The summed E-state index contributed by atoms with van der Waals surface area (Å²) in [5.41, 5.74) is -0.153. The van der Waals surface area contributed by atoms with Crippen molar-refractivity contribution in [3.05, 3.63) is 35.4 Å². The number of hydrogen-bond acceptors (Lipinski definition) is 4. The molecule has 7 heteroatoms. The van der Waals surface area contributed by atoms with Crippen LogP contribution in [0, 0.1) is 11.6 Å². The number of likely N-dealkylation sites (N-methyl/N-ethyl adjacent to an activating group) is 1. The second kappa shape index (κ2) is 7.66. The van der Waals surface area contributed by atoms with Gasteiger partial charge in [0.1, 0.15) is 11.6 Å². The van der Waals surface area contributed by atoms with E-state index in [-0.39, 0.29) is 30.9 Å². The SMILES string of the molecule is CNC(CC(=O)O)C(=O)CNCc1c(F)cccc1F. The van der Waals surface area contributed by atoms with Gasteiger partial charge in [-0.3, -0.25) is 9.59 Å². The van der Waals surface area contributed by atoms with Crippen LogP contribution in [-0.2, 0) is 16.1 Å². The number of benzene rings is 1. The zero-order chi connectivity index (χ0) is 15.1. The highest BCUT2D eigenvalue weighted by Gasteiger charge is 2.19. The fraction of sp³-hybridized carbons (Fsp3) is 0.385. The molecule has 1 rings (SSSR count). The van der Waals surface area contributed by atoms with Gasteiger partial charge in [-0.2, -0.15) is 0 Å². The lowest BCUT2D eigenvalue weighted by Gasteiger charge is -2.13. The van der Waals surface area contributed by atoms with Gasteiger partial charge in [0.2, 0.25) is 0 Å². The summed E-state index contributed by atoms with van der Waals surface area (Å²) in [5.74, 6) is -2.87. The molecule has 0 radical (unpaired) electrons. The molecule has 1 aromatic rings. The normalized spacial score (nSPS) is 12.2. The molecule has 5 nitrogen and oxygen atoms in total. The predicted molar refractivity (Wildman–Crippen MR) is 68.2 cm³/mol. The Kier molecular flexibility index (Phi) is 6.20. The Hall–Kier alpha value is -1.86. The molecule has 0 saturated heterocycles. The van der Waals surface area contributed by atoms with Crippen LogP contribution in [0.25, 0.3) is 0 Å². The Morgan fingerprint density at radius 3 is 2.40 bits per heavy atom. The number of ketones is 1. The van der Waals surface area contributed by atoms with Crippen molar-refractivity contribution in [2.45, 2.75) is 19.0 Å². The number of carbonyl (C=O) groups is 2. The van der Waals surface area contributed by atoms with Crippen LogP contribution in [0.1, 0.15) is 12.0 Å². The lowest BCUT2D eigenvalue weighted by Crippen LogP contribution is -2.41. The van der Waals surface area contributed by atoms with Gasteiger partial charge in [0.15, 0.2) is 5.78 Å². The van der Waals surface area contributed by atoms with Crippen molar-refractivity contribution in [2.75, 3.05) is 13.6 Å². The molecule has 0 amide bonds. The minimum Gasteiger partial charge on any atom is -0.481 e. The van der Waals surface area contributed by atoms with Gasteiger partial charge in [0, 0.05) is 12.1 Å². The van der Waals surface area contributed by atoms with Crippen LogP contribution in [0.3, 0.4) is 0 Å². The fourth-order valence-electron chi connectivity index (χ4n) is 1.69. The third kappa shape index (κ3) is 4.67. The Morgan fingerprint density at radius 2 is 1.90 bits per heavy atom. The van der Waals surface area contributed by atoms with Gasteiger partial charge in [-0.15, -0.1) is 0 Å². The first-order chi connectivity index (χ1) is 9.45. The highest BCUT2D eigenvalue weighted by atomic mass is 19.1. The van der Waals surface area contributed by atoms with Crippen molar-refractivity contribution in [3.8, 4) is 0 Å².